The number of hydrogen-bond donors (Lipinski definition) is 2. The van der Waals surface area contributed by atoms with Gasteiger partial charge in [0.05, 0.1) is 24.3 Å². The van der Waals surface area contributed by atoms with Crippen LogP contribution in [0, 0.1) is 0 Å². The number of carbonyl (C=O) groups is 1. The summed E-state index contributed by atoms with van der Waals surface area (Å²) in [6.45, 7) is 2.53. The van der Waals surface area contributed by atoms with Gasteiger partial charge in [0.15, 0.2) is 16.7 Å². The Kier molecular flexibility index (Phi) is 5.48. The van der Waals surface area contributed by atoms with Gasteiger partial charge in [0.1, 0.15) is 5.75 Å². The zero-order valence-electron chi connectivity index (χ0n) is 14.4. The second-order valence-corrected chi connectivity index (χ2v) is 6.37. The number of rotatable bonds is 5. The quantitative estimate of drug-likeness (QED) is 0.785. The summed E-state index contributed by atoms with van der Waals surface area (Å²) in [7, 11) is 1.48. The van der Waals surface area contributed by atoms with Crippen LogP contribution in [0.4, 0.5) is 5.69 Å². The third-order valence-electron chi connectivity index (χ3n) is 3.53. The van der Waals surface area contributed by atoms with Crippen molar-refractivity contribution in [1.82, 2.24) is 5.32 Å². The lowest BCUT2D eigenvalue weighted by molar-refractivity contribution is -0.115. The molecule has 1 fully saturated rings. The van der Waals surface area contributed by atoms with Crippen molar-refractivity contribution in [3.05, 3.63) is 52.9 Å². The molecule has 0 saturated carbocycles. The molecular weight excluding hydrogens is 352 g/mol. The van der Waals surface area contributed by atoms with Crippen molar-refractivity contribution in [3.8, 4) is 17.2 Å². The number of methoxy groups -OCH3 is 1. The predicted octanol–water partition coefficient (Wildman–Crippen LogP) is 3.69. The number of benzene rings is 2. The first-order chi connectivity index (χ1) is 12.6. The minimum Gasteiger partial charge on any atom is -0.504 e. The Balaban J connectivity index is 1.77. The van der Waals surface area contributed by atoms with Crippen molar-refractivity contribution in [1.29, 1.82) is 0 Å². The van der Waals surface area contributed by atoms with Gasteiger partial charge in [-0.2, -0.15) is 0 Å². The average Bonchev–Trinajstić information content (AvgIpc) is 2.97. The summed E-state index contributed by atoms with van der Waals surface area (Å²) < 4.78 is 10.5. The Morgan fingerprint density at radius 2 is 2.00 bits per heavy atom. The van der Waals surface area contributed by atoms with Crippen LogP contribution < -0.4 is 14.8 Å². The monoisotopic (exact) mass is 370 g/mol. The second-order valence-electron chi connectivity index (χ2n) is 5.34. The number of amidine groups is 1. The smallest absolute Gasteiger partial charge is 0.264 e. The van der Waals surface area contributed by atoms with Crippen molar-refractivity contribution in [2.45, 2.75) is 6.92 Å². The minimum absolute atomic E-state index is 0.0518. The standard InChI is InChI=1S/C19H18N2O4S/c1-3-25-14-7-5-13(6-8-14)20-19-21-18(23)17(26-19)11-12-4-9-15(22)16(10-12)24-2/h4-11,22H,3H2,1-2H3,(H,20,21,23)/b17-11-. The van der Waals surface area contributed by atoms with Crippen molar-refractivity contribution in [2.24, 2.45) is 4.99 Å². The number of carbonyl (C=O) groups excluding carboxylic acids is 1. The Morgan fingerprint density at radius 1 is 1.23 bits per heavy atom. The zero-order chi connectivity index (χ0) is 18.5. The Bertz CT molecular complexity index is 876. The maximum Gasteiger partial charge on any atom is 0.264 e. The fourth-order valence-electron chi connectivity index (χ4n) is 2.32. The molecule has 0 spiro atoms. The summed E-state index contributed by atoms with van der Waals surface area (Å²) in [4.78, 5) is 17.1. The Morgan fingerprint density at radius 3 is 2.69 bits per heavy atom. The molecule has 1 aliphatic heterocycles. The van der Waals surface area contributed by atoms with Gasteiger partial charge in [-0.25, -0.2) is 4.99 Å². The number of ether oxygens (including phenoxy) is 2. The summed E-state index contributed by atoms with van der Waals surface area (Å²) in [6.07, 6.45) is 1.72. The maximum absolute atomic E-state index is 12.2. The highest BCUT2D eigenvalue weighted by Gasteiger charge is 2.23. The number of hydrogen-bond acceptors (Lipinski definition) is 6. The number of aliphatic imine (C=N–C) groups is 1. The third kappa shape index (κ3) is 4.18. The van der Waals surface area contributed by atoms with E-state index in [1.165, 1.54) is 24.9 Å². The molecule has 1 amide bonds. The van der Waals surface area contributed by atoms with Crippen LogP contribution >= 0.6 is 11.8 Å². The molecule has 0 bridgehead atoms. The highest BCUT2D eigenvalue weighted by atomic mass is 32.2. The first kappa shape index (κ1) is 17.9. The lowest BCUT2D eigenvalue weighted by atomic mass is 10.2. The van der Waals surface area contributed by atoms with E-state index in [2.05, 4.69) is 10.3 Å². The molecule has 0 aliphatic carbocycles. The molecule has 6 nitrogen and oxygen atoms in total. The van der Waals surface area contributed by atoms with Crippen LogP contribution in [0.1, 0.15) is 12.5 Å². The number of phenols is 1. The van der Waals surface area contributed by atoms with E-state index in [0.29, 0.717) is 22.4 Å². The fraction of sp³-hybridized carbons (Fsp3) is 0.158. The maximum atomic E-state index is 12.2. The highest BCUT2D eigenvalue weighted by Crippen LogP contribution is 2.31. The van der Waals surface area contributed by atoms with Gasteiger partial charge < -0.3 is 19.9 Å². The number of thioether (sulfide) groups is 1. The molecule has 1 saturated heterocycles. The number of nitrogens with one attached hydrogen (secondary N) is 1. The molecule has 2 aromatic rings. The van der Waals surface area contributed by atoms with Crippen LogP contribution in [0.15, 0.2) is 52.4 Å². The van der Waals surface area contributed by atoms with Crippen molar-refractivity contribution in [2.75, 3.05) is 13.7 Å². The van der Waals surface area contributed by atoms with Crippen LogP contribution in [0.25, 0.3) is 6.08 Å². The Hall–Kier alpha value is -2.93. The highest BCUT2D eigenvalue weighted by molar-refractivity contribution is 8.18. The molecule has 0 unspecified atom stereocenters. The van der Waals surface area contributed by atoms with Crippen LogP contribution in [0.5, 0.6) is 17.2 Å². The van der Waals surface area contributed by atoms with Gasteiger partial charge in [-0.3, -0.25) is 4.79 Å². The van der Waals surface area contributed by atoms with Crippen LogP contribution in [-0.4, -0.2) is 29.9 Å². The normalized spacial score (nSPS) is 16.8. The van der Waals surface area contributed by atoms with E-state index in [9.17, 15) is 9.90 Å². The van der Waals surface area contributed by atoms with E-state index in [4.69, 9.17) is 9.47 Å². The summed E-state index contributed by atoms with van der Waals surface area (Å²) in [5, 5.41) is 12.9. The lowest BCUT2D eigenvalue weighted by Crippen LogP contribution is -2.19. The fourth-order valence-corrected chi connectivity index (χ4v) is 3.16. The summed E-state index contributed by atoms with van der Waals surface area (Å²) in [5.74, 6) is 0.968. The number of aromatic hydroxyl groups is 1. The van der Waals surface area contributed by atoms with E-state index in [-0.39, 0.29) is 11.7 Å². The average molecular weight is 370 g/mol. The Labute approximate surface area is 155 Å². The predicted molar refractivity (Wildman–Crippen MR) is 103 cm³/mol. The van der Waals surface area contributed by atoms with E-state index >= 15 is 0 Å². The molecular formula is C19H18N2O4S. The molecule has 2 aromatic carbocycles. The van der Waals surface area contributed by atoms with E-state index in [1.54, 1.807) is 18.2 Å². The summed E-state index contributed by atoms with van der Waals surface area (Å²) in [6, 6.07) is 12.2. The molecule has 0 radical (unpaired) electrons. The molecule has 2 N–H and O–H groups in total. The van der Waals surface area contributed by atoms with Crippen molar-refractivity contribution >= 4 is 34.6 Å². The van der Waals surface area contributed by atoms with Crippen LogP contribution in [0.2, 0.25) is 0 Å². The number of phenolic OH excluding ortho intramolecular Hbond substituents is 1. The van der Waals surface area contributed by atoms with E-state index in [1.807, 2.05) is 31.2 Å². The minimum atomic E-state index is -0.216. The first-order valence-corrected chi connectivity index (χ1v) is 8.80. The first-order valence-electron chi connectivity index (χ1n) is 7.98. The van der Waals surface area contributed by atoms with Gasteiger partial charge in [0, 0.05) is 0 Å². The van der Waals surface area contributed by atoms with Gasteiger partial charge in [-0.1, -0.05) is 6.07 Å². The number of nitrogens with zero attached hydrogens (tertiary/aromatic N) is 1. The van der Waals surface area contributed by atoms with Crippen LogP contribution in [-0.2, 0) is 4.79 Å². The molecule has 1 heterocycles. The van der Waals surface area contributed by atoms with Gasteiger partial charge >= 0.3 is 0 Å². The third-order valence-corrected chi connectivity index (χ3v) is 4.44. The van der Waals surface area contributed by atoms with Gasteiger partial charge in [0.2, 0.25) is 0 Å². The van der Waals surface area contributed by atoms with Gasteiger partial charge in [-0.15, -0.1) is 0 Å². The summed E-state index contributed by atoms with van der Waals surface area (Å²) >= 11 is 1.26. The van der Waals surface area contributed by atoms with Crippen LogP contribution in [0.3, 0.4) is 0 Å². The topological polar surface area (TPSA) is 80.2 Å². The molecule has 1 aliphatic rings. The molecule has 3 rings (SSSR count). The van der Waals surface area contributed by atoms with E-state index in [0.717, 1.165) is 17.0 Å². The molecule has 0 atom stereocenters. The molecule has 7 heteroatoms. The van der Waals surface area contributed by atoms with Crippen molar-refractivity contribution < 1.29 is 19.4 Å². The molecule has 134 valence electrons. The van der Waals surface area contributed by atoms with Gasteiger partial charge in [-0.05, 0) is 66.7 Å². The SMILES string of the molecule is CCOc1ccc(N=C2NC(=O)/C(=C/c3ccc(O)c(OC)c3)S2)cc1. The summed E-state index contributed by atoms with van der Waals surface area (Å²) in [5.41, 5.74) is 1.48. The number of amides is 1. The lowest BCUT2D eigenvalue weighted by Gasteiger charge is -2.04. The molecule has 26 heavy (non-hydrogen) atoms. The van der Waals surface area contributed by atoms with E-state index < -0.39 is 0 Å². The largest absolute Gasteiger partial charge is 0.504 e. The zero-order valence-corrected chi connectivity index (χ0v) is 15.2. The molecule has 0 aromatic heterocycles. The van der Waals surface area contributed by atoms with Crippen molar-refractivity contribution in [3.63, 3.8) is 0 Å². The van der Waals surface area contributed by atoms with Gasteiger partial charge in [0.25, 0.3) is 5.91 Å². The second kappa shape index (κ2) is 7.97.